The van der Waals surface area contributed by atoms with Gasteiger partial charge in [-0.2, -0.15) is 9.61 Å². The van der Waals surface area contributed by atoms with Crippen molar-refractivity contribution in [3.63, 3.8) is 0 Å². The summed E-state index contributed by atoms with van der Waals surface area (Å²) in [6, 6.07) is 14.6. The highest BCUT2D eigenvalue weighted by Gasteiger charge is 2.33. The molecule has 2 aromatic heterocycles. The quantitative estimate of drug-likeness (QED) is 0.321. The van der Waals surface area contributed by atoms with Crippen molar-refractivity contribution in [1.82, 2.24) is 24.3 Å². The van der Waals surface area contributed by atoms with Gasteiger partial charge < -0.3 is 9.64 Å². The Morgan fingerprint density at radius 2 is 1.65 bits per heavy atom. The molecular formula is C27H27Cl2N5O3. The van der Waals surface area contributed by atoms with Crippen molar-refractivity contribution in [2.24, 2.45) is 0 Å². The molecule has 192 valence electrons. The van der Waals surface area contributed by atoms with Crippen LogP contribution in [-0.2, 0) is 11.3 Å². The summed E-state index contributed by atoms with van der Waals surface area (Å²) in [5.74, 6) is 0. The molecule has 1 fully saturated rings. The first-order valence-corrected chi connectivity index (χ1v) is 12.9. The maximum absolute atomic E-state index is 13.4. The van der Waals surface area contributed by atoms with Crippen molar-refractivity contribution in [2.45, 2.75) is 51.8 Å². The molecule has 0 unspecified atom stereocenters. The standard InChI is InChI=1S/C27H27Cl2N5O3/c1-27(2,3)37-26(36)32-14-4-5-21(32)16-33-25(35)34-24(31-33)23(18-8-12-20(29)13-9-18)22(15-30-34)17-6-10-19(28)11-7-17/h6-13,15,21H,4-5,14,16H2,1-3H3/t21-/m0/s1. The van der Waals surface area contributed by atoms with Crippen LogP contribution in [0.2, 0.25) is 10.0 Å². The lowest BCUT2D eigenvalue weighted by Gasteiger charge is -2.28. The van der Waals surface area contributed by atoms with Crippen LogP contribution in [0.3, 0.4) is 0 Å². The summed E-state index contributed by atoms with van der Waals surface area (Å²) in [7, 11) is 0. The molecule has 0 aliphatic carbocycles. The van der Waals surface area contributed by atoms with E-state index in [1.54, 1.807) is 23.2 Å². The zero-order valence-electron chi connectivity index (χ0n) is 20.8. The van der Waals surface area contributed by atoms with Gasteiger partial charge in [0.1, 0.15) is 5.60 Å². The molecule has 2 aromatic carbocycles. The number of aromatic nitrogens is 4. The van der Waals surface area contributed by atoms with Crippen molar-refractivity contribution in [1.29, 1.82) is 0 Å². The van der Waals surface area contributed by atoms with E-state index in [4.69, 9.17) is 33.0 Å². The SMILES string of the molecule is CC(C)(C)OC(=O)N1CCC[C@H]1Cn1nc2c(-c3ccc(Cl)cc3)c(-c3ccc(Cl)cc3)cnn2c1=O. The van der Waals surface area contributed by atoms with Crippen molar-refractivity contribution in [3.05, 3.63) is 75.3 Å². The van der Waals surface area contributed by atoms with Crippen LogP contribution in [0.4, 0.5) is 4.79 Å². The fraction of sp³-hybridized carbons (Fsp3) is 0.333. The average Bonchev–Trinajstić information content (AvgIpc) is 3.43. The van der Waals surface area contributed by atoms with Gasteiger partial charge in [0, 0.05) is 27.7 Å². The first-order valence-electron chi connectivity index (χ1n) is 12.1. The second-order valence-corrected chi connectivity index (χ2v) is 11.0. The number of ether oxygens (including phenoxy) is 1. The van der Waals surface area contributed by atoms with Gasteiger partial charge in [0.25, 0.3) is 0 Å². The second-order valence-electron chi connectivity index (χ2n) is 10.1. The molecule has 3 heterocycles. The molecule has 5 rings (SSSR count). The van der Waals surface area contributed by atoms with Crippen LogP contribution in [0.25, 0.3) is 27.9 Å². The summed E-state index contributed by atoms with van der Waals surface area (Å²) in [6.07, 6.45) is 2.88. The van der Waals surface area contributed by atoms with Crippen LogP contribution in [-0.4, -0.2) is 48.6 Å². The predicted molar refractivity (Wildman–Crippen MR) is 144 cm³/mol. The lowest BCUT2D eigenvalue weighted by Crippen LogP contribution is -2.42. The lowest BCUT2D eigenvalue weighted by molar-refractivity contribution is 0.0211. The van der Waals surface area contributed by atoms with E-state index in [0.717, 1.165) is 35.1 Å². The molecular weight excluding hydrogens is 513 g/mol. The molecule has 8 nitrogen and oxygen atoms in total. The Kier molecular flexibility index (Phi) is 6.72. The Balaban J connectivity index is 1.59. The Labute approximate surface area is 224 Å². The molecule has 4 aromatic rings. The zero-order valence-corrected chi connectivity index (χ0v) is 22.3. The molecule has 0 N–H and O–H groups in total. The van der Waals surface area contributed by atoms with E-state index in [2.05, 4.69) is 5.10 Å². The van der Waals surface area contributed by atoms with Crippen LogP contribution in [0.15, 0.2) is 59.5 Å². The van der Waals surface area contributed by atoms with E-state index in [0.29, 0.717) is 22.2 Å². The molecule has 0 bridgehead atoms. The number of rotatable bonds is 4. The summed E-state index contributed by atoms with van der Waals surface area (Å²) >= 11 is 12.3. The first kappa shape index (κ1) is 25.3. The third-order valence-corrected chi connectivity index (χ3v) is 6.79. The first-order chi connectivity index (χ1) is 17.6. The smallest absolute Gasteiger partial charge is 0.410 e. The third-order valence-electron chi connectivity index (χ3n) is 6.29. The molecule has 1 amide bonds. The number of hydrogen-bond acceptors (Lipinski definition) is 5. The van der Waals surface area contributed by atoms with E-state index in [1.807, 2.05) is 57.2 Å². The minimum Gasteiger partial charge on any atom is -0.444 e. The zero-order chi connectivity index (χ0) is 26.3. The normalized spacial score (nSPS) is 15.9. The Bertz CT molecular complexity index is 1500. The second kappa shape index (κ2) is 9.84. The fourth-order valence-corrected chi connectivity index (χ4v) is 4.87. The largest absolute Gasteiger partial charge is 0.444 e. The minimum atomic E-state index is -0.598. The predicted octanol–water partition coefficient (Wildman–Crippen LogP) is 5.93. The van der Waals surface area contributed by atoms with Crippen LogP contribution in [0.1, 0.15) is 33.6 Å². The van der Waals surface area contributed by atoms with Gasteiger partial charge in [-0.05, 0) is 69.0 Å². The van der Waals surface area contributed by atoms with Gasteiger partial charge in [-0.1, -0.05) is 47.5 Å². The Morgan fingerprint density at radius 1 is 1.03 bits per heavy atom. The number of benzene rings is 2. The number of fused-ring (bicyclic) bond motifs is 1. The van der Waals surface area contributed by atoms with E-state index >= 15 is 0 Å². The summed E-state index contributed by atoms with van der Waals surface area (Å²) in [5, 5.41) is 10.4. The van der Waals surface area contributed by atoms with E-state index < -0.39 is 5.60 Å². The fourth-order valence-electron chi connectivity index (χ4n) is 4.61. The van der Waals surface area contributed by atoms with Gasteiger partial charge in [0.05, 0.1) is 18.8 Å². The van der Waals surface area contributed by atoms with Gasteiger partial charge in [0.15, 0.2) is 5.65 Å². The number of nitrogens with zero attached hydrogens (tertiary/aromatic N) is 5. The van der Waals surface area contributed by atoms with Crippen LogP contribution >= 0.6 is 23.2 Å². The van der Waals surface area contributed by atoms with Crippen LogP contribution in [0, 0.1) is 0 Å². The number of carbonyl (C=O) groups is 1. The summed E-state index contributed by atoms with van der Waals surface area (Å²) < 4.78 is 8.27. The summed E-state index contributed by atoms with van der Waals surface area (Å²) in [4.78, 5) is 27.8. The van der Waals surface area contributed by atoms with Gasteiger partial charge in [-0.25, -0.2) is 14.3 Å². The molecule has 10 heteroatoms. The van der Waals surface area contributed by atoms with Crippen molar-refractivity contribution < 1.29 is 9.53 Å². The summed E-state index contributed by atoms with van der Waals surface area (Å²) in [6.45, 7) is 6.34. The van der Waals surface area contributed by atoms with Gasteiger partial charge in [-0.15, -0.1) is 5.10 Å². The van der Waals surface area contributed by atoms with Crippen molar-refractivity contribution in [3.8, 4) is 22.3 Å². The molecule has 0 spiro atoms. The number of carbonyl (C=O) groups excluding carboxylic acids is 1. The van der Waals surface area contributed by atoms with E-state index in [9.17, 15) is 9.59 Å². The highest BCUT2D eigenvalue weighted by atomic mass is 35.5. The number of amides is 1. The minimum absolute atomic E-state index is 0.202. The molecule has 0 radical (unpaired) electrons. The third kappa shape index (κ3) is 5.22. The lowest BCUT2D eigenvalue weighted by atomic mass is 9.97. The topological polar surface area (TPSA) is 81.7 Å². The Hall–Kier alpha value is -3.36. The highest BCUT2D eigenvalue weighted by Crippen LogP contribution is 2.35. The Morgan fingerprint density at radius 3 is 2.27 bits per heavy atom. The number of hydrogen-bond donors (Lipinski definition) is 0. The highest BCUT2D eigenvalue weighted by molar-refractivity contribution is 6.31. The molecule has 37 heavy (non-hydrogen) atoms. The van der Waals surface area contributed by atoms with Gasteiger partial charge >= 0.3 is 11.8 Å². The van der Waals surface area contributed by atoms with Gasteiger partial charge in [-0.3, -0.25) is 0 Å². The van der Waals surface area contributed by atoms with Crippen LogP contribution < -0.4 is 5.69 Å². The molecule has 1 saturated heterocycles. The van der Waals surface area contributed by atoms with E-state index in [1.165, 1.54) is 9.20 Å². The van der Waals surface area contributed by atoms with Crippen molar-refractivity contribution in [2.75, 3.05) is 6.54 Å². The molecule has 0 saturated carbocycles. The van der Waals surface area contributed by atoms with E-state index in [-0.39, 0.29) is 24.4 Å². The van der Waals surface area contributed by atoms with Crippen molar-refractivity contribution >= 4 is 34.9 Å². The van der Waals surface area contributed by atoms with Gasteiger partial charge in [0.2, 0.25) is 0 Å². The average molecular weight is 540 g/mol. The monoisotopic (exact) mass is 539 g/mol. The maximum Gasteiger partial charge on any atom is 0.410 e. The molecule has 1 atom stereocenters. The maximum atomic E-state index is 13.4. The summed E-state index contributed by atoms with van der Waals surface area (Å²) in [5.41, 5.74) is 2.73. The van der Waals surface area contributed by atoms with Crippen LogP contribution in [0.5, 0.6) is 0 Å². The number of likely N-dealkylation sites (tertiary alicyclic amines) is 1. The molecule has 1 aliphatic heterocycles. The molecule has 1 aliphatic rings. The number of halogens is 2.